The number of halogens is 1. The molecule has 160 valence electrons. The highest BCUT2D eigenvalue weighted by Gasteiger charge is 2.25. The Morgan fingerprint density at radius 3 is 2.13 bits per heavy atom. The van der Waals surface area contributed by atoms with Crippen molar-refractivity contribution in [3.05, 3.63) is 53.8 Å². The third kappa shape index (κ3) is 5.20. The van der Waals surface area contributed by atoms with Gasteiger partial charge in [-0.3, -0.25) is 4.79 Å². The van der Waals surface area contributed by atoms with Crippen molar-refractivity contribution in [2.75, 3.05) is 44.7 Å². The molecule has 1 fully saturated rings. The summed E-state index contributed by atoms with van der Waals surface area (Å²) < 4.78 is 24.1. The first-order valence-corrected chi connectivity index (χ1v) is 10.0. The number of amides is 3. The van der Waals surface area contributed by atoms with Crippen LogP contribution in [0, 0.1) is 5.82 Å². The highest BCUT2D eigenvalue weighted by atomic mass is 19.1. The van der Waals surface area contributed by atoms with Crippen LogP contribution in [0.2, 0.25) is 0 Å². The van der Waals surface area contributed by atoms with Crippen molar-refractivity contribution in [3.63, 3.8) is 0 Å². The Balaban J connectivity index is 1.59. The quantitative estimate of drug-likeness (QED) is 0.782. The molecule has 8 heteroatoms. The molecular formula is C22H26FN3O4. The predicted molar refractivity (Wildman–Crippen MR) is 112 cm³/mol. The van der Waals surface area contributed by atoms with E-state index in [9.17, 15) is 14.0 Å². The van der Waals surface area contributed by atoms with Gasteiger partial charge in [0.25, 0.3) is 5.91 Å². The van der Waals surface area contributed by atoms with Crippen molar-refractivity contribution in [1.29, 1.82) is 0 Å². The number of nitrogens with zero attached hydrogens (tertiary/aromatic N) is 2. The molecule has 0 bridgehead atoms. The predicted octanol–water partition coefficient (Wildman–Crippen LogP) is 3.61. The molecule has 1 aliphatic heterocycles. The van der Waals surface area contributed by atoms with Crippen molar-refractivity contribution < 1.29 is 23.5 Å². The van der Waals surface area contributed by atoms with Crippen LogP contribution in [0.3, 0.4) is 0 Å². The third-order valence-corrected chi connectivity index (χ3v) is 4.74. The minimum atomic E-state index is -0.359. The van der Waals surface area contributed by atoms with Gasteiger partial charge in [-0.05, 0) is 56.3 Å². The van der Waals surface area contributed by atoms with Gasteiger partial charge in [0, 0.05) is 37.4 Å². The van der Waals surface area contributed by atoms with Crippen LogP contribution >= 0.6 is 0 Å². The van der Waals surface area contributed by atoms with Gasteiger partial charge in [-0.1, -0.05) is 0 Å². The van der Waals surface area contributed by atoms with Crippen LogP contribution in [0.15, 0.2) is 42.5 Å². The maximum absolute atomic E-state index is 13.0. The van der Waals surface area contributed by atoms with Gasteiger partial charge in [0.1, 0.15) is 5.82 Å². The molecule has 0 unspecified atom stereocenters. The van der Waals surface area contributed by atoms with Gasteiger partial charge in [-0.2, -0.15) is 0 Å². The summed E-state index contributed by atoms with van der Waals surface area (Å²) in [5.41, 5.74) is 1.05. The lowest BCUT2D eigenvalue weighted by Crippen LogP contribution is -2.51. The molecule has 7 nitrogen and oxygen atoms in total. The van der Waals surface area contributed by atoms with Crippen LogP contribution in [0.1, 0.15) is 24.2 Å². The lowest BCUT2D eigenvalue weighted by Gasteiger charge is -2.34. The van der Waals surface area contributed by atoms with Crippen molar-refractivity contribution >= 4 is 17.6 Å². The van der Waals surface area contributed by atoms with Gasteiger partial charge < -0.3 is 24.6 Å². The van der Waals surface area contributed by atoms with Gasteiger partial charge in [0.05, 0.1) is 13.2 Å². The SMILES string of the molecule is CCOc1ccc(C(=O)N2CCN(C(=O)Nc3ccc(F)cc3)CC2)cc1OCC. The number of ether oxygens (including phenoxy) is 2. The minimum absolute atomic E-state index is 0.113. The summed E-state index contributed by atoms with van der Waals surface area (Å²) in [6, 6.07) is 10.5. The molecule has 2 aromatic rings. The minimum Gasteiger partial charge on any atom is -0.490 e. The van der Waals surface area contributed by atoms with Crippen LogP contribution < -0.4 is 14.8 Å². The second kappa shape index (κ2) is 9.96. The molecule has 0 atom stereocenters. The van der Waals surface area contributed by atoms with Crippen molar-refractivity contribution in [3.8, 4) is 11.5 Å². The average molecular weight is 415 g/mol. The molecule has 0 saturated carbocycles. The largest absolute Gasteiger partial charge is 0.490 e. The van der Waals surface area contributed by atoms with E-state index < -0.39 is 0 Å². The van der Waals surface area contributed by atoms with Crippen molar-refractivity contribution in [1.82, 2.24) is 9.80 Å². The molecule has 1 saturated heterocycles. The van der Waals surface area contributed by atoms with Crippen LogP contribution in [0.25, 0.3) is 0 Å². The van der Waals surface area contributed by atoms with Crippen LogP contribution in [-0.2, 0) is 0 Å². The molecule has 1 heterocycles. The molecule has 1 N–H and O–H groups in total. The van der Waals surface area contributed by atoms with Crippen molar-refractivity contribution in [2.45, 2.75) is 13.8 Å². The van der Waals surface area contributed by atoms with E-state index >= 15 is 0 Å². The number of carbonyl (C=O) groups excluding carboxylic acids is 2. The smallest absolute Gasteiger partial charge is 0.321 e. The number of benzene rings is 2. The van der Waals surface area contributed by atoms with Gasteiger partial charge >= 0.3 is 6.03 Å². The molecule has 2 aromatic carbocycles. The van der Waals surface area contributed by atoms with Gasteiger partial charge in [-0.25, -0.2) is 9.18 Å². The van der Waals surface area contributed by atoms with E-state index in [4.69, 9.17) is 9.47 Å². The highest BCUT2D eigenvalue weighted by Crippen LogP contribution is 2.29. The Hall–Kier alpha value is -3.29. The summed E-state index contributed by atoms with van der Waals surface area (Å²) in [6.45, 7) is 6.41. The van der Waals surface area contributed by atoms with E-state index in [1.54, 1.807) is 28.0 Å². The molecule has 0 aliphatic carbocycles. The van der Waals surface area contributed by atoms with Crippen LogP contribution in [0.5, 0.6) is 11.5 Å². The number of carbonyl (C=O) groups is 2. The number of nitrogens with one attached hydrogen (secondary N) is 1. The second-order valence-corrected chi connectivity index (χ2v) is 6.74. The van der Waals surface area contributed by atoms with E-state index in [1.807, 2.05) is 13.8 Å². The maximum atomic E-state index is 13.0. The van der Waals surface area contributed by atoms with Crippen LogP contribution in [0.4, 0.5) is 14.9 Å². The van der Waals surface area contributed by atoms with E-state index in [0.29, 0.717) is 62.1 Å². The Morgan fingerprint density at radius 2 is 1.50 bits per heavy atom. The van der Waals surface area contributed by atoms with Gasteiger partial charge in [0.2, 0.25) is 0 Å². The average Bonchev–Trinajstić information content (AvgIpc) is 2.76. The lowest BCUT2D eigenvalue weighted by molar-refractivity contribution is 0.0671. The molecule has 30 heavy (non-hydrogen) atoms. The summed E-state index contributed by atoms with van der Waals surface area (Å²) in [7, 11) is 0. The zero-order chi connectivity index (χ0) is 21.5. The fourth-order valence-corrected chi connectivity index (χ4v) is 3.22. The normalized spacial score (nSPS) is 13.7. The Labute approximate surface area is 175 Å². The van der Waals surface area contributed by atoms with E-state index in [1.165, 1.54) is 24.3 Å². The zero-order valence-electron chi connectivity index (χ0n) is 17.2. The highest BCUT2D eigenvalue weighted by molar-refractivity contribution is 5.95. The van der Waals surface area contributed by atoms with E-state index in [0.717, 1.165) is 0 Å². The van der Waals surface area contributed by atoms with E-state index in [-0.39, 0.29) is 17.8 Å². The summed E-state index contributed by atoms with van der Waals surface area (Å²) in [5.74, 6) is 0.681. The fraction of sp³-hybridized carbons (Fsp3) is 0.364. The summed E-state index contributed by atoms with van der Waals surface area (Å²) in [5, 5.41) is 2.74. The Bertz CT molecular complexity index is 880. The number of piperazine rings is 1. The first kappa shape index (κ1) is 21.4. The topological polar surface area (TPSA) is 71.1 Å². The number of urea groups is 1. The third-order valence-electron chi connectivity index (χ3n) is 4.74. The Kier molecular flexibility index (Phi) is 7.11. The first-order valence-electron chi connectivity index (χ1n) is 10.0. The molecule has 0 radical (unpaired) electrons. The Morgan fingerprint density at radius 1 is 0.900 bits per heavy atom. The zero-order valence-corrected chi connectivity index (χ0v) is 17.2. The van der Waals surface area contributed by atoms with Gasteiger partial charge in [0.15, 0.2) is 11.5 Å². The summed E-state index contributed by atoms with van der Waals surface area (Å²) in [4.78, 5) is 28.7. The number of hydrogen-bond acceptors (Lipinski definition) is 4. The maximum Gasteiger partial charge on any atom is 0.321 e. The molecule has 1 aliphatic rings. The summed E-state index contributed by atoms with van der Waals surface area (Å²) >= 11 is 0. The number of anilines is 1. The number of rotatable bonds is 6. The molecule has 3 rings (SSSR count). The van der Waals surface area contributed by atoms with Crippen molar-refractivity contribution in [2.24, 2.45) is 0 Å². The standard InChI is InChI=1S/C22H26FN3O4/c1-3-29-19-10-5-16(15-20(19)30-4-2)21(27)25-11-13-26(14-12-25)22(28)24-18-8-6-17(23)7-9-18/h5-10,15H,3-4,11-14H2,1-2H3,(H,24,28). The molecule has 0 aromatic heterocycles. The first-order chi connectivity index (χ1) is 14.5. The number of hydrogen-bond donors (Lipinski definition) is 1. The van der Waals surface area contributed by atoms with E-state index in [2.05, 4.69) is 5.32 Å². The lowest BCUT2D eigenvalue weighted by atomic mass is 10.1. The monoisotopic (exact) mass is 415 g/mol. The second-order valence-electron chi connectivity index (χ2n) is 6.74. The van der Waals surface area contributed by atoms with Gasteiger partial charge in [-0.15, -0.1) is 0 Å². The fourth-order valence-electron chi connectivity index (χ4n) is 3.22. The molecule has 3 amide bonds. The van der Waals surface area contributed by atoms with Crippen LogP contribution in [-0.4, -0.2) is 61.1 Å². The molecule has 0 spiro atoms. The summed E-state index contributed by atoms with van der Waals surface area (Å²) in [6.07, 6.45) is 0. The molecular weight excluding hydrogens is 389 g/mol.